The second-order valence-corrected chi connectivity index (χ2v) is 5.49. The summed E-state index contributed by atoms with van der Waals surface area (Å²) in [5.41, 5.74) is -0.154. The Balaban J connectivity index is 2.43. The van der Waals surface area contributed by atoms with Gasteiger partial charge in [0.05, 0.1) is 5.56 Å². The van der Waals surface area contributed by atoms with Crippen LogP contribution in [0.15, 0.2) is 24.3 Å². The molecule has 0 aliphatic rings. The Morgan fingerprint density at radius 1 is 1.33 bits per heavy atom. The van der Waals surface area contributed by atoms with Gasteiger partial charge in [0.2, 0.25) is 0 Å². The van der Waals surface area contributed by atoms with Crippen LogP contribution in [0.3, 0.4) is 0 Å². The summed E-state index contributed by atoms with van der Waals surface area (Å²) in [6, 6.07) is 4.62. The van der Waals surface area contributed by atoms with Gasteiger partial charge in [-0.2, -0.15) is 0 Å². The lowest BCUT2D eigenvalue weighted by Gasteiger charge is -2.19. The minimum atomic E-state index is -0.538. The Bertz CT molecular complexity index is 533. The molecule has 1 rings (SSSR count). The van der Waals surface area contributed by atoms with Crippen molar-refractivity contribution in [3.63, 3.8) is 0 Å². The number of alkyl carbamates (subject to hydrolysis) is 1. The summed E-state index contributed by atoms with van der Waals surface area (Å²) >= 11 is 0. The third-order valence-corrected chi connectivity index (χ3v) is 2.46. The van der Waals surface area contributed by atoms with Gasteiger partial charge in [0.25, 0.3) is 0 Å². The maximum absolute atomic E-state index is 13.7. The average molecular weight is 293 g/mol. The molecule has 0 spiro atoms. The Morgan fingerprint density at radius 2 is 2.00 bits per heavy atom. The number of rotatable bonds is 5. The molecular weight excluding hydrogens is 273 g/mol. The smallest absolute Gasteiger partial charge is 0.407 e. The van der Waals surface area contributed by atoms with Crippen LogP contribution in [0, 0.1) is 5.82 Å². The molecule has 1 amide bonds. The number of hydrogen-bond donors (Lipinski definition) is 1. The number of amides is 1. The van der Waals surface area contributed by atoms with Crippen LogP contribution < -0.4 is 5.32 Å². The number of halogens is 1. The van der Waals surface area contributed by atoms with E-state index in [1.54, 1.807) is 45.1 Å². The Morgan fingerprint density at radius 3 is 2.62 bits per heavy atom. The van der Waals surface area contributed by atoms with Crippen molar-refractivity contribution in [2.45, 2.75) is 32.8 Å². The van der Waals surface area contributed by atoms with Crippen molar-refractivity contribution in [3.05, 3.63) is 41.2 Å². The quantitative estimate of drug-likeness (QED) is 0.667. The summed E-state index contributed by atoms with van der Waals surface area (Å²) in [5, 5.41) is 2.60. The lowest BCUT2D eigenvalue weighted by atomic mass is 10.1. The Labute approximate surface area is 124 Å². The van der Waals surface area contributed by atoms with Crippen molar-refractivity contribution in [1.29, 1.82) is 0 Å². The largest absolute Gasteiger partial charge is 0.444 e. The number of carbonyl (C=O) groups excluding carboxylic acids is 2. The molecule has 0 bridgehead atoms. The van der Waals surface area contributed by atoms with Crippen molar-refractivity contribution in [1.82, 2.24) is 5.32 Å². The zero-order valence-electron chi connectivity index (χ0n) is 12.5. The predicted octanol–water partition coefficient (Wildman–Crippen LogP) is 3.57. The van der Waals surface area contributed by atoms with E-state index in [4.69, 9.17) is 4.74 Å². The van der Waals surface area contributed by atoms with Gasteiger partial charge in [-0.3, -0.25) is 4.79 Å². The molecule has 21 heavy (non-hydrogen) atoms. The number of hydrogen-bond acceptors (Lipinski definition) is 3. The molecule has 0 saturated carbocycles. The van der Waals surface area contributed by atoms with Gasteiger partial charge in [-0.05, 0) is 33.3 Å². The molecule has 0 fully saturated rings. The number of aldehydes is 1. The molecular formula is C16H20FNO3. The van der Waals surface area contributed by atoms with Gasteiger partial charge >= 0.3 is 6.09 Å². The molecule has 1 aromatic rings. The van der Waals surface area contributed by atoms with Gasteiger partial charge in [0.1, 0.15) is 11.4 Å². The fourth-order valence-corrected chi connectivity index (χ4v) is 1.57. The maximum Gasteiger partial charge on any atom is 0.407 e. The van der Waals surface area contributed by atoms with Crippen molar-refractivity contribution in [2.24, 2.45) is 0 Å². The van der Waals surface area contributed by atoms with Crippen LogP contribution >= 0.6 is 0 Å². The minimum absolute atomic E-state index is 0.0315. The zero-order chi connectivity index (χ0) is 15.9. The van der Waals surface area contributed by atoms with Gasteiger partial charge in [0, 0.05) is 12.1 Å². The topological polar surface area (TPSA) is 55.4 Å². The molecule has 5 heteroatoms. The normalized spacial score (nSPS) is 11.4. The van der Waals surface area contributed by atoms with Crippen molar-refractivity contribution >= 4 is 18.5 Å². The maximum atomic E-state index is 13.7. The van der Waals surface area contributed by atoms with E-state index < -0.39 is 17.5 Å². The molecule has 1 N–H and O–H groups in total. The van der Waals surface area contributed by atoms with E-state index in [0.717, 1.165) is 0 Å². The first-order valence-corrected chi connectivity index (χ1v) is 6.70. The second kappa shape index (κ2) is 7.57. The van der Waals surface area contributed by atoms with Crippen LogP contribution in [0.4, 0.5) is 9.18 Å². The molecule has 4 nitrogen and oxygen atoms in total. The Hall–Kier alpha value is -2.17. The third kappa shape index (κ3) is 6.21. The van der Waals surface area contributed by atoms with Gasteiger partial charge in [-0.25, -0.2) is 9.18 Å². The van der Waals surface area contributed by atoms with Crippen LogP contribution in [0.2, 0.25) is 0 Å². The molecule has 114 valence electrons. The van der Waals surface area contributed by atoms with Crippen LogP contribution in [0.25, 0.3) is 6.08 Å². The first kappa shape index (κ1) is 16.9. The number of nitrogens with one attached hydrogen (secondary N) is 1. The summed E-state index contributed by atoms with van der Waals surface area (Å²) in [6.45, 7) is 5.75. The van der Waals surface area contributed by atoms with E-state index in [1.165, 1.54) is 6.07 Å². The summed E-state index contributed by atoms with van der Waals surface area (Å²) in [5.74, 6) is -0.538. The zero-order valence-corrected chi connectivity index (χ0v) is 12.5. The van der Waals surface area contributed by atoms with E-state index in [1.807, 2.05) is 0 Å². The first-order valence-electron chi connectivity index (χ1n) is 6.70. The molecule has 0 aliphatic carbocycles. The summed E-state index contributed by atoms with van der Waals surface area (Å²) in [4.78, 5) is 22.0. The summed E-state index contributed by atoms with van der Waals surface area (Å²) in [7, 11) is 0. The minimum Gasteiger partial charge on any atom is -0.444 e. The van der Waals surface area contributed by atoms with Crippen LogP contribution in [0.1, 0.15) is 43.1 Å². The molecule has 0 unspecified atom stereocenters. The third-order valence-electron chi connectivity index (χ3n) is 2.46. The van der Waals surface area contributed by atoms with E-state index in [0.29, 0.717) is 24.8 Å². The van der Waals surface area contributed by atoms with Crippen molar-refractivity contribution < 1.29 is 18.7 Å². The summed E-state index contributed by atoms with van der Waals surface area (Å²) in [6.07, 6.45) is 3.84. The van der Waals surface area contributed by atoms with E-state index in [-0.39, 0.29) is 5.56 Å². The van der Waals surface area contributed by atoms with E-state index in [9.17, 15) is 14.0 Å². The van der Waals surface area contributed by atoms with Gasteiger partial charge in [-0.1, -0.05) is 24.3 Å². The molecule has 1 aromatic carbocycles. The van der Waals surface area contributed by atoms with Crippen molar-refractivity contribution in [2.75, 3.05) is 6.54 Å². The second-order valence-electron chi connectivity index (χ2n) is 5.49. The standard InChI is InChI=1S/C16H20FNO3/c1-16(2,3)21-15(20)18-10-5-4-7-12-8-6-9-13(11-19)14(12)17/h4,6-9,11H,5,10H2,1-3H3,(H,18,20). The van der Waals surface area contributed by atoms with Crippen LogP contribution in [-0.2, 0) is 4.74 Å². The lowest BCUT2D eigenvalue weighted by molar-refractivity contribution is 0.0528. The molecule has 0 heterocycles. The lowest BCUT2D eigenvalue weighted by Crippen LogP contribution is -2.32. The highest BCUT2D eigenvalue weighted by Gasteiger charge is 2.15. The molecule has 0 radical (unpaired) electrons. The average Bonchev–Trinajstić information content (AvgIpc) is 2.38. The van der Waals surface area contributed by atoms with Gasteiger partial charge in [0.15, 0.2) is 6.29 Å². The molecule has 0 aromatic heterocycles. The highest BCUT2D eigenvalue weighted by molar-refractivity contribution is 5.77. The fourth-order valence-electron chi connectivity index (χ4n) is 1.57. The molecule has 0 atom stereocenters. The van der Waals surface area contributed by atoms with E-state index in [2.05, 4.69) is 5.32 Å². The number of carbonyl (C=O) groups is 2. The molecule has 0 aliphatic heterocycles. The SMILES string of the molecule is CC(C)(C)OC(=O)NCCC=Cc1cccc(C=O)c1F. The fraction of sp³-hybridized carbons (Fsp3) is 0.375. The highest BCUT2D eigenvalue weighted by atomic mass is 19.1. The first-order chi connectivity index (χ1) is 9.83. The van der Waals surface area contributed by atoms with Crippen LogP contribution in [0.5, 0.6) is 0 Å². The van der Waals surface area contributed by atoms with Crippen molar-refractivity contribution in [3.8, 4) is 0 Å². The Kier molecular flexibility index (Phi) is 6.09. The molecule has 0 saturated heterocycles. The highest BCUT2D eigenvalue weighted by Crippen LogP contribution is 2.13. The van der Waals surface area contributed by atoms with Gasteiger partial charge in [-0.15, -0.1) is 0 Å². The monoisotopic (exact) mass is 293 g/mol. The van der Waals surface area contributed by atoms with Gasteiger partial charge < -0.3 is 10.1 Å². The number of ether oxygens (including phenoxy) is 1. The predicted molar refractivity (Wildman–Crippen MR) is 79.7 cm³/mol. The summed E-state index contributed by atoms with van der Waals surface area (Å²) < 4.78 is 18.8. The van der Waals surface area contributed by atoms with Crippen LogP contribution in [-0.4, -0.2) is 24.5 Å². The van der Waals surface area contributed by atoms with E-state index >= 15 is 0 Å². The number of benzene rings is 1.